The molecule has 0 aromatic heterocycles. The van der Waals surface area contributed by atoms with Gasteiger partial charge < -0.3 is 10.2 Å². The summed E-state index contributed by atoms with van der Waals surface area (Å²) in [5.41, 5.74) is 2.25. The van der Waals surface area contributed by atoms with Crippen LogP contribution in [0, 0.1) is 0 Å². The normalized spacial score (nSPS) is 12.2. The molecule has 1 N–H and O–H groups in total. The third-order valence-electron chi connectivity index (χ3n) is 6.22. The maximum Gasteiger partial charge on any atom is 0.243 e. The number of rotatable bonds is 13. The first kappa shape index (κ1) is 31.6. The quantitative estimate of drug-likeness (QED) is 0.253. The molecule has 0 aliphatic carbocycles. The molecule has 0 aliphatic heterocycles. The van der Waals surface area contributed by atoms with E-state index in [-0.39, 0.29) is 43.8 Å². The van der Waals surface area contributed by atoms with Gasteiger partial charge in [-0.1, -0.05) is 76.1 Å². The lowest BCUT2D eigenvalue weighted by atomic mass is 10.0. The number of amides is 2. The van der Waals surface area contributed by atoms with E-state index in [0.29, 0.717) is 17.1 Å². The fourth-order valence-corrected chi connectivity index (χ4v) is 5.76. The molecule has 3 aromatic rings. The topological polar surface area (TPSA) is 86.8 Å². The molecule has 40 heavy (non-hydrogen) atoms. The Kier molecular flexibility index (Phi) is 11.6. The molecule has 0 unspecified atom stereocenters. The van der Waals surface area contributed by atoms with Crippen LogP contribution in [0.15, 0.2) is 83.3 Å². The third-order valence-corrected chi connectivity index (χ3v) is 8.17. The van der Waals surface area contributed by atoms with Crippen molar-refractivity contribution in [2.45, 2.75) is 51.7 Å². The molecule has 214 valence electrons. The first-order chi connectivity index (χ1) is 18.9. The smallest absolute Gasteiger partial charge is 0.243 e. The van der Waals surface area contributed by atoms with Gasteiger partial charge in [0.15, 0.2) is 0 Å². The minimum absolute atomic E-state index is 0.0589. The highest BCUT2D eigenvalue weighted by Gasteiger charge is 2.31. The van der Waals surface area contributed by atoms with Gasteiger partial charge in [0.2, 0.25) is 21.8 Å². The zero-order valence-electron chi connectivity index (χ0n) is 22.9. The Bertz CT molecular complexity index is 1390. The van der Waals surface area contributed by atoms with Gasteiger partial charge in [-0.3, -0.25) is 13.9 Å². The number of carbonyl (C=O) groups is 2. The van der Waals surface area contributed by atoms with Crippen LogP contribution in [0.1, 0.15) is 37.8 Å². The fourth-order valence-electron chi connectivity index (χ4n) is 4.36. The lowest BCUT2D eigenvalue weighted by Crippen LogP contribution is -2.51. The van der Waals surface area contributed by atoms with Gasteiger partial charge in [-0.25, -0.2) is 8.42 Å². The summed E-state index contributed by atoms with van der Waals surface area (Å²) in [4.78, 5) is 28.9. The number of halogens is 2. The van der Waals surface area contributed by atoms with E-state index < -0.39 is 16.1 Å². The van der Waals surface area contributed by atoms with Crippen molar-refractivity contribution >= 4 is 55.1 Å². The largest absolute Gasteiger partial charge is 0.352 e. The van der Waals surface area contributed by atoms with E-state index in [4.69, 9.17) is 11.6 Å². The van der Waals surface area contributed by atoms with Crippen molar-refractivity contribution < 1.29 is 18.0 Å². The Hall–Kier alpha value is -2.88. The zero-order valence-corrected chi connectivity index (χ0v) is 26.0. The molecule has 0 spiro atoms. The van der Waals surface area contributed by atoms with Crippen molar-refractivity contribution in [2.75, 3.05) is 17.1 Å². The third kappa shape index (κ3) is 9.64. The zero-order chi connectivity index (χ0) is 29.3. The lowest BCUT2D eigenvalue weighted by molar-refractivity contribution is -0.141. The molecule has 2 amide bonds. The van der Waals surface area contributed by atoms with Crippen molar-refractivity contribution in [3.8, 4) is 0 Å². The van der Waals surface area contributed by atoms with Crippen LogP contribution in [-0.2, 0) is 32.6 Å². The minimum Gasteiger partial charge on any atom is -0.352 e. The van der Waals surface area contributed by atoms with Crippen LogP contribution in [0.4, 0.5) is 5.69 Å². The van der Waals surface area contributed by atoms with E-state index in [1.165, 1.54) is 4.31 Å². The Morgan fingerprint density at radius 2 is 1.62 bits per heavy atom. The van der Waals surface area contributed by atoms with Crippen molar-refractivity contribution in [2.24, 2.45) is 0 Å². The van der Waals surface area contributed by atoms with E-state index in [1.54, 1.807) is 29.2 Å². The highest BCUT2D eigenvalue weighted by molar-refractivity contribution is 9.10. The average Bonchev–Trinajstić information content (AvgIpc) is 2.89. The van der Waals surface area contributed by atoms with Crippen LogP contribution in [0.5, 0.6) is 0 Å². The Morgan fingerprint density at radius 1 is 0.950 bits per heavy atom. The van der Waals surface area contributed by atoms with Gasteiger partial charge in [0.25, 0.3) is 0 Å². The molecule has 3 aromatic carbocycles. The molecule has 7 nitrogen and oxygen atoms in total. The molecule has 0 bridgehead atoms. The second-order valence-electron chi connectivity index (χ2n) is 9.94. The molecule has 10 heteroatoms. The van der Waals surface area contributed by atoms with Crippen molar-refractivity contribution in [3.05, 3.63) is 99.5 Å². The summed E-state index contributed by atoms with van der Waals surface area (Å²) < 4.78 is 27.3. The number of nitrogens with one attached hydrogen (secondary N) is 1. The monoisotopic (exact) mass is 647 g/mol. The molecule has 1 atom stereocenters. The fraction of sp³-hybridized carbons (Fsp3) is 0.333. The highest BCUT2D eigenvalue weighted by atomic mass is 79.9. The number of hydrogen-bond donors (Lipinski definition) is 1. The molecule has 0 fully saturated rings. The second-order valence-corrected chi connectivity index (χ2v) is 13.2. The van der Waals surface area contributed by atoms with Crippen LogP contribution in [0.3, 0.4) is 0 Å². The van der Waals surface area contributed by atoms with Gasteiger partial charge in [0.05, 0.1) is 11.9 Å². The summed E-state index contributed by atoms with van der Waals surface area (Å²) in [5.74, 6) is -0.469. The van der Waals surface area contributed by atoms with E-state index >= 15 is 0 Å². The number of anilines is 1. The number of carbonyl (C=O) groups excluding carboxylic acids is 2. The minimum atomic E-state index is -3.61. The van der Waals surface area contributed by atoms with E-state index in [1.807, 2.05) is 68.4 Å². The first-order valence-electron chi connectivity index (χ1n) is 13.1. The van der Waals surface area contributed by atoms with Crippen LogP contribution >= 0.6 is 27.5 Å². The number of benzene rings is 3. The molecule has 0 saturated carbocycles. The molecule has 3 rings (SSSR count). The second kappa shape index (κ2) is 14.7. The van der Waals surface area contributed by atoms with Crippen LogP contribution in [-0.4, -0.2) is 50.0 Å². The highest BCUT2D eigenvalue weighted by Crippen LogP contribution is 2.23. The maximum absolute atomic E-state index is 13.8. The van der Waals surface area contributed by atoms with Gasteiger partial charge in [0, 0.05) is 41.5 Å². The maximum atomic E-state index is 13.8. The van der Waals surface area contributed by atoms with E-state index in [2.05, 4.69) is 21.2 Å². The first-order valence-corrected chi connectivity index (χ1v) is 16.1. The summed E-state index contributed by atoms with van der Waals surface area (Å²) in [5, 5.41) is 3.39. The Morgan fingerprint density at radius 3 is 2.23 bits per heavy atom. The summed E-state index contributed by atoms with van der Waals surface area (Å²) >= 11 is 9.54. The predicted octanol–water partition coefficient (Wildman–Crippen LogP) is 5.81. The average molecular weight is 649 g/mol. The van der Waals surface area contributed by atoms with Gasteiger partial charge in [0.1, 0.15) is 6.04 Å². The summed E-state index contributed by atoms with van der Waals surface area (Å²) in [6.45, 7) is 4.10. The lowest BCUT2D eigenvalue weighted by Gasteiger charge is -2.32. The molecular weight excluding hydrogens is 614 g/mol. The van der Waals surface area contributed by atoms with Crippen molar-refractivity contribution in [1.82, 2.24) is 10.2 Å². The summed E-state index contributed by atoms with van der Waals surface area (Å²) in [7, 11) is -3.61. The van der Waals surface area contributed by atoms with Crippen LogP contribution in [0.2, 0.25) is 5.02 Å². The number of hydrogen-bond acceptors (Lipinski definition) is 4. The number of sulfonamides is 1. The number of nitrogens with zero attached hydrogens (tertiary/aromatic N) is 2. The molecule has 0 aliphatic rings. The van der Waals surface area contributed by atoms with Gasteiger partial charge in [-0.2, -0.15) is 0 Å². The standard InChI is InChI=1S/C30H35BrClN3O4S/c1-22(2)33-30(37)28(19-23-9-5-4-6-10-23)34(21-24-14-16-25(31)17-15-24)29(36)13-8-18-35(40(3,38)39)27-12-7-11-26(32)20-27/h4-7,9-12,14-17,20,22,28H,8,13,18-19,21H2,1-3H3,(H,33,37)/t28-/m1/s1. The SMILES string of the molecule is CC(C)NC(=O)[C@@H](Cc1ccccc1)N(Cc1ccc(Br)cc1)C(=O)CCCN(c1cccc(Cl)c1)S(C)(=O)=O. The Balaban J connectivity index is 1.87. The molecular formula is C30H35BrClN3O4S. The van der Waals surface area contributed by atoms with Crippen molar-refractivity contribution in [1.29, 1.82) is 0 Å². The molecule has 0 heterocycles. The Labute approximate surface area is 250 Å². The van der Waals surface area contributed by atoms with Crippen LogP contribution in [0.25, 0.3) is 0 Å². The van der Waals surface area contributed by atoms with Gasteiger partial charge >= 0.3 is 0 Å². The van der Waals surface area contributed by atoms with Gasteiger partial charge in [-0.15, -0.1) is 0 Å². The van der Waals surface area contributed by atoms with Gasteiger partial charge in [-0.05, 0) is 61.7 Å². The molecule has 0 saturated heterocycles. The predicted molar refractivity (Wildman–Crippen MR) is 165 cm³/mol. The summed E-state index contributed by atoms with van der Waals surface area (Å²) in [6, 6.07) is 23.0. The molecule has 0 radical (unpaired) electrons. The van der Waals surface area contributed by atoms with E-state index in [9.17, 15) is 18.0 Å². The summed E-state index contributed by atoms with van der Waals surface area (Å²) in [6.07, 6.45) is 1.80. The van der Waals surface area contributed by atoms with Crippen molar-refractivity contribution in [3.63, 3.8) is 0 Å². The van der Waals surface area contributed by atoms with E-state index in [0.717, 1.165) is 21.9 Å². The van der Waals surface area contributed by atoms with Crippen LogP contribution < -0.4 is 9.62 Å².